The number of nitrogens with one attached hydrogen (secondary N) is 1. The Bertz CT molecular complexity index is 402. The number of hydrogen-bond donors (Lipinski definition) is 2. The Hall–Kier alpha value is -0.0500. The van der Waals surface area contributed by atoms with Crippen LogP contribution in [0.2, 0.25) is 0 Å². The zero-order valence-electron chi connectivity index (χ0n) is 10.6. The van der Waals surface area contributed by atoms with Gasteiger partial charge in [-0.3, -0.25) is 4.79 Å². The van der Waals surface area contributed by atoms with Crippen molar-refractivity contribution in [2.45, 2.75) is 34.6 Å². The van der Waals surface area contributed by atoms with Crippen LogP contribution in [0.15, 0.2) is 0 Å². The monoisotopic (exact) mass is 461 g/mol. The molecule has 0 aromatic heterocycles. The van der Waals surface area contributed by atoms with Gasteiger partial charge in [0.15, 0.2) is 0 Å². The number of rotatable bonds is 1. The standard InChI is InChI=1S/C12H17NO2.I2/c1-6-8(3)12(15)9(4)7(2)11(6)13-10(5)14;1-2/h15H,1-5H3,(H,13,14);. The lowest BCUT2D eigenvalue weighted by molar-refractivity contribution is -0.114. The SMILES string of the molecule is CC(=O)Nc1c(C)c(C)c(O)c(C)c1C.II. The third kappa shape index (κ3) is 3.97. The summed E-state index contributed by atoms with van der Waals surface area (Å²) >= 11 is 4.24. The molecule has 0 saturated heterocycles. The summed E-state index contributed by atoms with van der Waals surface area (Å²) in [4.78, 5) is 11.1. The summed E-state index contributed by atoms with van der Waals surface area (Å²) in [5.74, 6) is 0.227. The van der Waals surface area contributed by atoms with E-state index in [-0.39, 0.29) is 5.91 Å². The maximum atomic E-state index is 11.1. The third-order valence-electron chi connectivity index (χ3n) is 2.89. The zero-order chi connectivity index (χ0) is 13.7. The first-order chi connectivity index (χ1) is 7.86. The van der Waals surface area contributed by atoms with Gasteiger partial charge >= 0.3 is 0 Å². The number of phenolic OH excluding ortho intramolecular Hbond substituents is 1. The van der Waals surface area contributed by atoms with Crippen molar-refractivity contribution in [2.75, 3.05) is 5.32 Å². The molecular weight excluding hydrogens is 444 g/mol. The molecule has 0 atom stereocenters. The highest BCUT2D eigenvalue weighted by molar-refractivity contribution is 15.0. The van der Waals surface area contributed by atoms with Gasteiger partial charge in [-0.1, -0.05) is 0 Å². The van der Waals surface area contributed by atoms with Crippen molar-refractivity contribution in [3.05, 3.63) is 22.3 Å². The van der Waals surface area contributed by atoms with E-state index in [9.17, 15) is 9.90 Å². The molecule has 96 valence electrons. The Morgan fingerprint density at radius 2 is 1.35 bits per heavy atom. The van der Waals surface area contributed by atoms with Crippen LogP contribution in [0, 0.1) is 27.7 Å². The van der Waals surface area contributed by atoms with Gasteiger partial charge in [0.2, 0.25) is 5.91 Å². The first-order valence-corrected chi connectivity index (χ1v) is 11.4. The lowest BCUT2D eigenvalue weighted by atomic mass is 9.97. The highest BCUT2D eigenvalue weighted by Gasteiger charge is 2.14. The summed E-state index contributed by atoms with van der Waals surface area (Å²) in [6.45, 7) is 8.97. The normalized spacial score (nSPS) is 9.35. The van der Waals surface area contributed by atoms with Crippen molar-refractivity contribution in [3.8, 4) is 5.75 Å². The first-order valence-electron chi connectivity index (χ1n) is 5.07. The van der Waals surface area contributed by atoms with E-state index in [0.717, 1.165) is 27.9 Å². The second-order valence-electron chi connectivity index (χ2n) is 3.90. The van der Waals surface area contributed by atoms with Gasteiger partial charge in [0, 0.05) is 49.8 Å². The molecule has 0 saturated carbocycles. The Kier molecular flexibility index (Phi) is 7.38. The van der Waals surface area contributed by atoms with Gasteiger partial charge in [-0.2, -0.15) is 0 Å². The van der Waals surface area contributed by atoms with E-state index in [1.165, 1.54) is 6.92 Å². The number of aromatic hydroxyl groups is 1. The minimum absolute atomic E-state index is 0.0920. The smallest absolute Gasteiger partial charge is 0.221 e. The lowest BCUT2D eigenvalue weighted by Gasteiger charge is -2.17. The lowest BCUT2D eigenvalue weighted by Crippen LogP contribution is -2.10. The first kappa shape index (κ1) is 16.9. The van der Waals surface area contributed by atoms with Crippen molar-refractivity contribution in [3.63, 3.8) is 0 Å². The maximum absolute atomic E-state index is 11.1. The average molecular weight is 461 g/mol. The van der Waals surface area contributed by atoms with Crippen LogP contribution in [0.1, 0.15) is 29.2 Å². The van der Waals surface area contributed by atoms with E-state index in [1.54, 1.807) is 0 Å². The summed E-state index contributed by atoms with van der Waals surface area (Å²) in [5, 5.41) is 12.6. The van der Waals surface area contributed by atoms with E-state index < -0.39 is 0 Å². The fourth-order valence-electron chi connectivity index (χ4n) is 1.66. The number of carbonyl (C=O) groups excluding carboxylic acids is 1. The second-order valence-corrected chi connectivity index (χ2v) is 3.90. The number of carbonyl (C=O) groups is 1. The minimum atomic E-state index is -0.0920. The molecule has 1 amide bonds. The van der Waals surface area contributed by atoms with Crippen LogP contribution in [0.25, 0.3) is 0 Å². The number of anilines is 1. The van der Waals surface area contributed by atoms with Crippen molar-refractivity contribution < 1.29 is 9.90 Å². The van der Waals surface area contributed by atoms with Crippen molar-refractivity contribution in [1.29, 1.82) is 0 Å². The fraction of sp³-hybridized carbons (Fsp3) is 0.417. The summed E-state index contributed by atoms with van der Waals surface area (Å²) in [7, 11) is 0. The predicted octanol–water partition coefficient (Wildman–Crippen LogP) is 4.36. The van der Waals surface area contributed by atoms with Crippen molar-refractivity contribution in [1.82, 2.24) is 0 Å². The second kappa shape index (κ2) is 7.40. The quantitative estimate of drug-likeness (QED) is 0.483. The van der Waals surface area contributed by atoms with Crippen LogP contribution in [0.3, 0.4) is 0 Å². The van der Waals surface area contributed by atoms with Crippen LogP contribution in [0.5, 0.6) is 5.75 Å². The van der Waals surface area contributed by atoms with Gasteiger partial charge in [-0.25, -0.2) is 0 Å². The molecule has 0 aliphatic rings. The van der Waals surface area contributed by atoms with Crippen LogP contribution in [0.4, 0.5) is 5.69 Å². The highest BCUT2D eigenvalue weighted by atomic mass is 128. The summed E-state index contributed by atoms with van der Waals surface area (Å²) in [6, 6.07) is 0. The fourth-order valence-corrected chi connectivity index (χ4v) is 1.66. The van der Waals surface area contributed by atoms with Gasteiger partial charge in [0.1, 0.15) is 5.75 Å². The molecule has 0 aliphatic heterocycles. The largest absolute Gasteiger partial charge is 0.507 e. The molecule has 1 rings (SSSR count). The van der Waals surface area contributed by atoms with E-state index in [0.29, 0.717) is 5.75 Å². The van der Waals surface area contributed by atoms with Crippen molar-refractivity contribution in [2.24, 2.45) is 0 Å². The molecule has 3 nitrogen and oxygen atoms in total. The van der Waals surface area contributed by atoms with Gasteiger partial charge in [0.25, 0.3) is 0 Å². The molecule has 0 spiro atoms. The van der Waals surface area contributed by atoms with Gasteiger partial charge < -0.3 is 10.4 Å². The molecule has 2 N–H and O–H groups in total. The molecule has 0 unspecified atom stereocenters. The summed E-state index contributed by atoms with van der Waals surface area (Å²) in [5.41, 5.74) is 4.30. The highest BCUT2D eigenvalue weighted by Crippen LogP contribution is 2.34. The zero-order valence-corrected chi connectivity index (χ0v) is 14.9. The number of halogens is 2. The van der Waals surface area contributed by atoms with E-state index in [4.69, 9.17) is 0 Å². The summed E-state index contributed by atoms with van der Waals surface area (Å²) < 4.78 is 0. The van der Waals surface area contributed by atoms with Gasteiger partial charge in [-0.15, -0.1) is 0 Å². The van der Waals surface area contributed by atoms with Crippen LogP contribution in [-0.4, -0.2) is 11.0 Å². The Balaban J connectivity index is 0.00000121. The average Bonchev–Trinajstić information content (AvgIpc) is 2.32. The number of amides is 1. The predicted molar refractivity (Wildman–Crippen MR) is 89.4 cm³/mol. The number of phenols is 1. The molecule has 0 radical (unpaired) electrons. The van der Waals surface area contributed by atoms with E-state index >= 15 is 0 Å². The molecule has 5 heteroatoms. The van der Waals surface area contributed by atoms with Gasteiger partial charge in [0.05, 0.1) is 0 Å². The number of benzene rings is 1. The van der Waals surface area contributed by atoms with Gasteiger partial charge in [-0.05, 0) is 49.9 Å². The number of hydrogen-bond acceptors (Lipinski definition) is 2. The Morgan fingerprint density at radius 3 is 1.65 bits per heavy atom. The molecule has 0 fully saturated rings. The molecule has 0 heterocycles. The van der Waals surface area contributed by atoms with Crippen LogP contribution in [-0.2, 0) is 4.79 Å². The van der Waals surface area contributed by atoms with E-state index in [1.807, 2.05) is 27.7 Å². The minimum Gasteiger partial charge on any atom is -0.507 e. The molecule has 0 bridgehead atoms. The molecule has 1 aromatic carbocycles. The van der Waals surface area contributed by atoms with Crippen LogP contribution >= 0.6 is 37.2 Å². The molecule has 1 aromatic rings. The molecular formula is C12H17I2NO2. The van der Waals surface area contributed by atoms with E-state index in [2.05, 4.69) is 42.5 Å². The van der Waals surface area contributed by atoms with Crippen molar-refractivity contribution >= 4 is 48.8 Å². The Morgan fingerprint density at radius 1 is 1.00 bits per heavy atom. The topological polar surface area (TPSA) is 49.3 Å². The third-order valence-corrected chi connectivity index (χ3v) is 2.89. The maximum Gasteiger partial charge on any atom is 0.221 e. The Labute approximate surface area is 126 Å². The summed E-state index contributed by atoms with van der Waals surface area (Å²) in [6.07, 6.45) is 0. The van der Waals surface area contributed by atoms with Crippen LogP contribution < -0.4 is 5.32 Å². The molecule has 17 heavy (non-hydrogen) atoms. The molecule has 0 aliphatic carbocycles.